The van der Waals surface area contributed by atoms with E-state index in [0.29, 0.717) is 11.4 Å². The number of halogens is 1. The Morgan fingerprint density at radius 1 is 1.33 bits per heavy atom. The molecule has 0 aliphatic carbocycles. The molecule has 0 heterocycles. The van der Waals surface area contributed by atoms with Gasteiger partial charge in [-0.2, -0.15) is 0 Å². The molecular formula is C14H21ClN2O. The zero-order valence-electron chi connectivity index (χ0n) is 11.0. The van der Waals surface area contributed by atoms with Gasteiger partial charge in [0.15, 0.2) is 0 Å². The molecule has 1 atom stereocenters. The molecule has 0 saturated carbocycles. The Morgan fingerprint density at radius 2 is 2.00 bits per heavy atom. The minimum absolute atomic E-state index is 0.0735. The van der Waals surface area contributed by atoms with Gasteiger partial charge in [-0.1, -0.05) is 30.7 Å². The van der Waals surface area contributed by atoms with Crippen molar-refractivity contribution < 1.29 is 4.79 Å². The molecule has 0 aromatic heterocycles. The summed E-state index contributed by atoms with van der Waals surface area (Å²) in [6, 6.07) is 7.71. The Hall–Kier alpha value is -1.06. The third kappa shape index (κ3) is 5.07. The number of rotatable bonds is 7. The number of hydrogen-bond acceptors (Lipinski definition) is 2. The summed E-state index contributed by atoms with van der Waals surface area (Å²) in [5.74, 6) is 0.104. The fraction of sp³-hybridized carbons (Fsp3) is 0.500. The topological polar surface area (TPSA) is 41.1 Å². The van der Waals surface area contributed by atoms with E-state index in [1.165, 1.54) is 0 Å². The van der Waals surface area contributed by atoms with Crippen molar-refractivity contribution in [3.63, 3.8) is 0 Å². The summed E-state index contributed by atoms with van der Waals surface area (Å²) in [6.07, 6.45) is 2.30. The highest BCUT2D eigenvalue weighted by atomic mass is 35.5. The minimum atomic E-state index is 0.0735. The predicted octanol–water partition coefficient (Wildman–Crippen LogP) is 2.91. The van der Waals surface area contributed by atoms with Crippen LogP contribution in [-0.2, 0) is 4.79 Å². The van der Waals surface area contributed by atoms with Gasteiger partial charge in [-0.05, 0) is 44.1 Å². The van der Waals surface area contributed by atoms with Crippen molar-refractivity contribution in [3.8, 4) is 0 Å². The van der Waals surface area contributed by atoms with E-state index in [1.54, 1.807) is 0 Å². The first-order chi connectivity index (χ1) is 8.67. The third-order valence-corrected chi connectivity index (χ3v) is 3.10. The van der Waals surface area contributed by atoms with E-state index in [4.69, 9.17) is 11.6 Å². The lowest BCUT2D eigenvalue weighted by Crippen LogP contribution is -2.28. The van der Waals surface area contributed by atoms with E-state index in [9.17, 15) is 4.79 Å². The van der Waals surface area contributed by atoms with Crippen LogP contribution in [-0.4, -0.2) is 19.5 Å². The van der Waals surface area contributed by atoms with Gasteiger partial charge in [0, 0.05) is 11.4 Å². The molecule has 0 spiro atoms. The van der Waals surface area contributed by atoms with Crippen molar-refractivity contribution in [1.82, 2.24) is 10.6 Å². The molecule has 1 unspecified atom stereocenters. The lowest BCUT2D eigenvalue weighted by molar-refractivity contribution is -0.121. The molecule has 1 aromatic rings. The summed E-state index contributed by atoms with van der Waals surface area (Å²) in [7, 11) is 1.89. The monoisotopic (exact) mass is 268 g/mol. The highest BCUT2D eigenvalue weighted by Crippen LogP contribution is 2.19. The molecule has 0 radical (unpaired) electrons. The van der Waals surface area contributed by atoms with Crippen molar-refractivity contribution in [2.24, 2.45) is 0 Å². The quantitative estimate of drug-likeness (QED) is 0.747. The average Bonchev–Trinajstić information content (AvgIpc) is 2.37. The molecule has 18 heavy (non-hydrogen) atoms. The van der Waals surface area contributed by atoms with E-state index < -0.39 is 0 Å². The van der Waals surface area contributed by atoms with Gasteiger partial charge in [-0.25, -0.2) is 0 Å². The van der Waals surface area contributed by atoms with Crippen molar-refractivity contribution in [2.75, 3.05) is 13.6 Å². The first-order valence-electron chi connectivity index (χ1n) is 6.36. The van der Waals surface area contributed by atoms with Gasteiger partial charge in [0.2, 0.25) is 5.91 Å². The van der Waals surface area contributed by atoms with Crippen LogP contribution in [0.1, 0.15) is 37.8 Å². The zero-order valence-corrected chi connectivity index (χ0v) is 11.8. The van der Waals surface area contributed by atoms with Crippen LogP contribution in [0.25, 0.3) is 0 Å². The molecule has 0 aliphatic rings. The first kappa shape index (κ1) is 15.0. The van der Waals surface area contributed by atoms with Crippen molar-refractivity contribution >= 4 is 17.5 Å². The smallest absolute Gasteiger partial charge is 0.220 e. The minimum Gasteiger partial charge on any atom is -0.349 e. The molecule has 2 N–H and O–H groups in total. The zero-order chi connectivity index (χ0) is 13.4. The second-order valence-corrected chi connectivity index (χ2v) is 4.72. The number of carbonyl (C=O) groups is 1. The second-order valence-electron chi connectivity index (χ2n) is 4.29. The van der Waals surface area contributed by atoms with Gasteiger partial charge in [-0.3, -0.25) is 4.79 Å². The molecule has 0 fully saturated rings. The Bertz CT molecular complexity index is 365. The summed E-state index contributed by atoms with van der Waals surface area (Å²) in [6.45, 7) is 2.93. The number of nitrogens with one attached hydrogen (secondary N) is 2. The van der Waals surface area contributed by atoms with E-state index in [0.717, 1.165) is 24.9 Å². The van der Waals surface area contributed by atoms with E-state index >= 15 is 0 Å². The van der Waals surface area contributed by atoms with Gasteiger partial charge in [-0.15, -0.1) is 0 Å². The van der Waals surface area contributed by atoms with Gasteiger partial charge < -0.3 is 10.6 Å². The van der Waals surface area contributed by atoms with E-state index in [-0.39, 0.29) is 11.9 Å². The summed E-state index contributed by atoms with van der Waals surface area (Å²) in [5, 5.41) is 6.80. The van der Waals surface area contributed by atoms with Gasteiger partial charge in [0.1, 0.15) is 0 Å². The summed E-state index contributed by atoms with van der Waals surface area (Å²) in [4.78, 5) is 11.8. The van der Waals surface area contributed by atoms with Crippen molar-refractivity contribution in [2.45, 2.75) is 32.2 Å². The summed E-state index contributed by atoms with van der Waals surface area (Å²) >= 11 is 5.86. The van der Waals surface area contributed by atoms with E-state index in [2.05, 4.69) is 17.6 Å². The van der Waals surface area contributed by atoms with Crippen LogP contribution in [0.4, 0.5) is 0 Å². The highest BCUT2D eigenvalue weighted by molar-refractivity contribution is 6.30. The predicted molar refractivity (Wildman–Crippen MR) is 75.8 cm³/mol. The van der Waals surface area contributed by atoms with Crippen LogP contribution in [0, 0.1) is 0 Å². The fourth-order valence-corrected chi connectivity index (χ4v) is 1.93. The molecule has 4 heteroatoms. The molecule has 1 rings (SSSR count). The maximum Gasteiger partial charge on any atom is 0.220 e. The van der Waals surface area contributed by atoms with Gasteiger partial charge in [0.25, 0.3) is 0 Å². The molecule has 0 bridgehead atoms. The molecule has 3 nitrogen and oxygen atoms in total. The molecule has 0 saturated heterocycles. The normalized spacial score (nSPS) is 12.2. The fourth-order valence-electron chi connectivity index (χ4n) is 1.81. The number of hydrogen-bond donors (Lipinski definition) is 2. The number of carbonyl (C=O) groups excluding carboxylic acids is 1. The Balaban J connectivity index is 2.51. The summed E-state index contributed by atoms with van der Waals surface area (Å²) in [5.41, 5.74) is 1.10. The van der Waals surface area contributed by atoms with Crippen molar-refractivity contribution in [1.29, 1.82) is 0 Å². The van der Waals surface area contributed by atoms with Crippen LogP contribution in [0.2, 0.25) is 5.02 Å². The molecule has 0 aliphatic heterocycles. The number of amides is 1. The van der Waals surface area contributed by atoms with Crippen LogP contribution in [0.15, 0.2) is 24.3 Å². The first-order valence-corrected chi connectivity index (χ1v) is 6.74. The molecule has 100 valence electrons. The van der Waals surface area contributed by atoms with Crippen LogP contribution in [0.3, 0.4) is 0 Å². The maximum absolute atomic E-state index is 11.8. The lowest BCUT2D eigenvalue weighted by Gasteiger charge is -2.17. The van der Waals surface area contributed by atoms with Crippen molar-refractivity contribution in [3.05, 3.63) is 34.9 Å². The Kier molecular flexibility index (Phi) is 6.76. The van der Waals surface area contributed by atoms with Gasteiger partial charge >= 0.3 is 0 Å². The Labute approximate surface area is 114 Å². The maximum atomic E-state index is 11.8. The van der Waals surface area contributed by atoms with E-state index in [1.807, 2.05) is 31.3 Å². The standard InChI is InChI=1S/C14H21ClN2O/c1-3-13(11-6-8-12(15)9-7-11)17-14(18)5-4-10-16-2/h6-9,13,16H,3-5,10H2,1-2H3,(H,17,18). The lowest BCUT2D eigenvalue weighted by atomic mass is 10.0. The third-order valence-electron chi connectivity index (χ3n) is 2.85. The second kappa shape index (κ2) is 8.11. The van der Waals surface area contributed by atoms with Crippen LogP contribution in [0.5, 0.6) is 0 Å². The largest absolute Gasteiger partial charge is 0.349 e. The Morgan fingerprint density at radius 3 is 2.56 bits per heavy atom. The molecular weight excluding hydrogens is 248 g/mol. The molecule has 1 amide bonds. The average molecular weight is 269 g/mol. The van der Waals surface area contributed by atoms with Crippen LogP contribution < -0.4 is 10.6 Å². The molecule has 1 aromatic carbocycles. The van der Waals surface area contributed by atoms with Crippen LogP contribution >= 0.6 is 11.6 Å². The highest BCUT2D eigenvalue weighted by Gasteiger charge is 2.12. The SMILES string of the molecule is CCC(NC(=O)CCCNC)c1ccc(Cl)cc1. The summed E-state index contributed by atoms with van der Waals surface area (Å²) < 4.78 is 0. The number of benzene rings is 1. The van der Waals surface area contributed by atoms with Gasteiger partial charge in [0.05, 0.1) is 6.04 Å².